The summed E-state index contributed by atoms with van der Waals surface area (Å²) in [5.74, 6) is -0.704. The molecular weight excluding hydrogens is 372 g/mol. The summed E-state index contributed by atoms with van der Waals surface area (Å²) in [6.45, 7) is 2.13. The van der Waals surface area contributed by atoms with E-state index in [1.807, 2.05) is 18.2 Å². The monoisotopic (exact) mass is 388 g/mol. The molecule has 22 heavy (non-hydrogen) atoms. The third-order valence-electron chi connectivity index (χ3n) is 3.27. The largest absolute Gasteiger partial charge is 0.465 e. The predicted molar refractivity (Wildman–Crippen MR) is 87.3 cm³/mol. The van der Waals surface area contributed by atoms with Crippen molar-refractivity contribution >= 4 is 42.6 Å². The van der Waals surface area contributed by atoms with E-state index >= 15 is 0 Å². The lowest BCUT2D eigenvalue weighted by Gasteiger charge is -2.14. The number of carbonyl (C=O) groups excluding carboxylic acids is 1. The molecule has 0 bridgehead atoms. The molecule has 0 radical (unpaired) electrons. The molecule has 1 unspecified atom stereocenters. The molecule has 1 atom stereocenters. The predicted octanol–water partition coefficient (Wildman–Crippen LogP) is 2.17. The zero-order chi connectivity index (χ0) is 16.3. The normalized spacial score (nSPS) is 13.2. The molecule has 0 spiro atoms. The van der Waals surface area contributed by atoms with Gasteiger partial charge in [-0.2, -0.15) is 5.10 Å². The zero-order valence-corrected chi connectivity index (χ0v) is 14.7. The topological polar surface area (TPSA) is 78.3 Å². The summed E-state index contributed by atoms with van der Waals surface area (Å²) in [6.07, 6.45) is 2.89. The molecule has 1 aromatic carbocycles. The van der Waals surface area contributed by atoms with Crippen LogP contribution in [0.4, 0.5) is 0 Å². The van der Waals surface area contributed by atoms with E-state index in [-0.39, 0.29) is 13.0 Å². The van der Waals surface area contributed by atoms with Gasteiger partial charge in [0.15, 0.2) is 15.1 Å². The van der Waals surface area contributed by atoms with Gasteiger partial charge in [0, 0.05) is 22.7 Å². The van der Waals surface area contributed by atoms with Crippen LogP contribution in [0.3, 0.4) is 0 Å². The second-order valence-corrected chi connectivity index (χ2v) is 8.07. The number of halogens is 1. The van der Waals surface area contributed by atoms with Crippen LogP contribution in [0.2, 0.25) is 0 Å². The Bertz CT molecular complexity index is 785. The Labute approximate surface area is 137 Å². The summed E-state index contributed by atoms with van der Waals surface area (Å²) in [4.78, 5) is 11.8. The number of rotatable bonds is 6. The summed E-state index contributed by atoms with van der Waals surface area (Å²) in [5.41, 5.74) is 0.888. The summed E-state index contributed by atoms with van der Waals surface area (Å²) < 4.78 is 31.0. The van der Waals surface area contributed by atoms with Crippen molar-refractivity contribution in [1.29, 1.82) is 0 Å². The lowest BCUT2D eigenvalue weighted by Crippen LogP contribution is -2.32. The molecule has 8 heteroatoms. The highest BCUT2D eigenvalue weighted by Gasteiger charge is 2.30. The number of carbonyl (C=O) groups is 1. The third kappa shape index (κ3) is 3.86. The zero-order valence-electron chi connectivity index (χ0n) is 12.3. The highest BCUT2D eigenvalue weighted by Crippen LogP contribution is 2.20. The first-order chi connectivity index (χ1) is 10.3. The van der Waals surface area contributed by atoms with Gasteiger partial charge in [-0.3, -0.25) is 9.48 Å². The third-order valence-corrected chi connectivity index (χ3v) is 5.23. The lowest BCUT2D eigenvalue weighted by atomic mass is 10.2. The van der Waals surface area contributed by atoms with Crippen LogP contribution in [0.15, 0.2) is 28.9 Å². The van der Waals surface area contributed by atoms with Gasteiger partial charge in [0.1, 0.15) is 0 Å². The Balaban J connectivity index is 2.19. The average Bonchev–Trinajstić information content (AvgIpc) is 2.80. The first-order valence-electron chi connectivity index (χ1n) is 6.79. The number of aryl methyl sites for hydroxylation is 1. The van der Waals surface area contributed by atoms with Crippen LogP contribution in [0.1, 0.15) is 13.3 Å². The minimum atomic E-state index is -3.52. The van der Waals surface area contributed by atoms with Crippen molar-refractivity contribution in [2.75, 3.05) is 12.9 Å². The van der Waals surface area contributed by atoms with Gasteiger partial charge in [0.05, 0.1) is 18.3 Å². The van der Waals surface area contributed by atoms with Gasteiger partial charge in [0.2, 0.25) is 0 Å². The van der Waals surface area contributed by atoms with Gasteiger partial charge >= 0.3 is 5.97 Å². The fourth-order valence-electron chi connectivity index (χ4n) is 2.22. The second kappa shape index (κ2) is 6.78. The van der Waals surface area contributed by atoms with E-state index in [0.29, 0.717) is 6.54 Å². The summed E-state index contributed by atoms with van der Waals surface area (Å²) in [7, 11) is -3.52. The number of aromatic nitrogens is 2. The maximum atomic E-state index is 11.8. The van der Waals surface area contributed by atoms with Crippen molar-refractivity contribution in [3.63, 3.8) is 0 Å². The van der Waals surface area contributed by atoms with E-state index in [9.17, 15) is 13.2 Å². The van der Waals surface area contributed by atoms with Crippen molar-refractivity contribution in [3.8, 4) is 0 Å². The summed E-state index contributed by atoms with van der Waals surface area (Å²) >= 11 is 3.39. The average molecular weight is 389 g/mol. The first-order valence-corrected chi connectivity index (χ1v) is 9.54. The van der Waals surface area contributed by atoms with E-state index in [4.69, 9.17) is 4.74 Å². The van der Waals surface area contributed by atoms with Crippen molar-refractivity contribution in [2.45, 2.75) is 25.1 Å². The SMILES string of the molecule is CCOC(=O)C(CCn1ncc2cc(Br)ccc21)S(C)(=O)=O. The van der Waals surface area contributed by atoms with Crippen molar-refractivity contribution < 1.29 is 17.9 Å². The van der Waals surface area contributed by atoms with Crippen molar-refractivity contribution in [1.82, 2.24) is 9.78 Å². The lowest BCUT2D eigenvalue weighted by molar-refractivity contribution is -0.142. The highest BCUT2D eigenvalue weighted by molar-refractivity contribution is 9.10. The van der Waals surface area contributed by atoms with Crippen molar-refractivity contribution in [2.24, 2.45) is 0 Å². The van der Waals surface area contributed by atoms with E-state index in [0.717, 1.165) is 21.6 Å². The van der Waals surface area contributed by atoms with Crippen LogP contribution in [0, 0.1) is 0 Å². The molecule has 0 aliphatic carbocycles. The minimum absolute atomic E-state index is 0.129. The molecule has 0 amide bonds. The number of esters is 1. The van der Waals surface area contributed by atoms with Gasteiger partial charge in [-0.25, -0.2) is 8.42 Å². The maximum absolute atomic E-state index is 11.8. The molecule has 0 aliphatic heterocycles. The number of benzene rings is 1. The maximum Gasteiger partial charge on any atom is 0.324 e. The van der Waals surface area contributed by atoms with Gasteiger partial charge in [0.25, 0.3) is 0 Å². The molecule has 1 aromatic heterocycles. The summed E-state index contributed by atoms with van der Waals surface area (Å²) in [6, 6.07) is 5.71. The fraction of sp³-hybridized carbons (Fsp3) is 0.429. The Morgan fingerprint density at radius 3 is 2.82 bits per heavy atom. The number of hydrogen-bond donors (Lipinski definition) is 0. The molecule has 0 fully saturated rings. The number of ether oxygens (including phenoxy) is 1. The highest BCUT2D eigenvalue weighted by atomic mass is 79.9. The van der Waals surface area contributed by atoms with Crippen LogP contribution in [0.5, 0.6) is 0 Å². The molecular formula is C14H17BrN2O4S. The number of fused-ring (bicyclic) bond motifs is 1. The van der Waals surface area contributed by atoms with Crippen LogP contribution in [0.25, 0.3) is 10.9 Å². The van der Waals surface area contributed by atoms with E-state index in [2.05, 4.69) is 21.0 Å². The number of hydrogen-bond acceptors (Lipinski definition) is 5. The Morgan fingerprint density at radius 1 is 1.45 bits per heavy atom. The molecule has 0 N–H and O–H groups in total. The van der Waals surface area contributed by atoms with E-state index < -0.39 is 21.1 Å². The standard InChI is InChI=1S/C14H17BrN2O4S/c1-3-21-14(18)13(22(2,19)20)6-7-17-12-5-4-11(15)8-10(12)9-16-17/h4-5,8-9,13H,3,6-7H2,1-2H3. The van der Waals surface area contributed by atoms with Crippen LogP contribution in [-0.2, 0) is 25.9 Å². The Morgan fingerprint density at radius 2 is 2.18 bits per heavy atom. The number of nitrogens with zero attached hydrogens (tertiary/aromatic N) is 2. The van der Waals surface area contributed by atoms with Crippen LogP contribution < -0.4 is 0 Å². The van der Waals surface area contributed by atoms with Gasteiger partial charge in [-0.1, -0.05) is 15.9 Å². The molecule has 0 saturated carbocycles. The molecule has 2 aromatic rings. The Hall–Kier alpha value is -1.41. The molecule has 6 nitrogen and oxygen atoms in total. The van der Waals surface area contributed by atoms with Crippen LogP contribution >= 0.6 is 15.9 Å². The quantitative estimate of drug-likeness (QED) is 0.708. The minimum Gasteiger partial charge on any atom is -0.465 e. The fourth-order valence-corrected chi connectivity index (χ4v) is 3.55. The Kier molecular flexibility index (Phi) is 5.23. The van der Waals surface area contributed by atoms with Gasteiger partial charge in [-0.05, 0) is 31.5 Å². The van der Waals surface area contributed by atoms with Gasteiger partial charge < -0.3 is 4.74 Å². The molecule has 120 valence electrons. The van der Waals surface area contributed by atoms with Gasteiger partial charge in [-0.15, -0.1) is 0 Å². The molecule has 2 rings (SSSR count). The second-order valence-electron chi connectivity index (χ2n) is 4.93. The van der Waals surface area contributed by atoms with Crippen LogP contribution in [-0.4, -0.2) is 42.3 Å². The summed E-state index contributed by atoms with van der Waals surface area (Å²) in [5, 5.41) is 4.03. The smallest absolute Gasteiger partial charge is 0.324 e. The molecule has 0 saturated heterocycles. The van der Waals surface area contributed by atoms with E-state index in [1.54, 1.807) is 17.8 Å². The molecule has 1 heterocycles. The first kappa shape index (κ1) is 17.0. The van der Waals surface area contributed by atoms with E-state index in [1.165, 1.54) is 0 Å². The molecule has 0 aliphatic rings. The van der Waals surface area contributed by atoms with Crippen molar-refractivity contribution in [3.05, 3.63) is 28.9 Å². The number of sulfone groups is 1.